The van der Waals surface area contributed by atoms with Crippen molar-refractivity contribution in [2.45, 2.75) is 33.1 Å². The molecule has 0 aliphatic heterocycles. The molecule has 1 saturated carbocycles. The zero-order valence-electron chi connectivity index (χ0n) is 11.5. The van der Waals surface area contributed by atoms with Crippen LogP contribution in [0.4, 0.5) is 0 Å². The van der Waals surface area contributed by atoms with E-state index in [-0.39, 0.29) is 0 Å². The number of rotatable bonds is 6. The second-order valence-electron chi connectivity index (χ2n) is 5.24. The van der Waals surface area contributed by atoms with E-state index in [9.17, 15) is 4.79 Å². The van der Waals surface area contributed by atoms with Gasteiger partial charge in [0.05, 0.1) is 6.61 Å². The van der Waals surface area contributed by atoms with Gasteiger partial charge in [0.25, 0.3) is 0 Å². The number of aliphatic carboxylic acids is 1. The summed E-state index contributed by atoms with van der Waals surface area (Å²) in [5, 5.41) is 8.63. The van der Waals surface area contributed by atoms with Gasteiger partial charge in [-0.2, -0.15) is 0 Å². The largest absolute Gasteiger partial charge is 0.493 e. The molecule has 2 rings (SSSR count). The van der Waals surface area contributed by atoms with E-state index in [1.54, 1.807) is 6.08 Å². The zero-order valence-corrected chi connectivity index (χ0v) is 11.5. The number of hydrogen-bond donors (Lipinski definition) is 1. The second kappa shape index (κ2) is 5.91. The van der Waals surface area contributed by atoms with Gasteiger partial charge in [-0.25, -0.2) is 4.79 Å². The van der Waals surface area contributed by atoms with Crippen LogP contribution in [-0.2, 0) is 4.79 Å². The molecule has 0 atom stereocenters. The molecular weight excluding hydrogens is 240 g/mol. The van der Waals surface area contributed by atoms with Crippen LogP contribution >= 0.6 is 0 Å². The van der Waals surface area contributed by atoms with Crippen LogP contribution in [0, 0.1) is 19.8 Å². The van der Waals surface area contributed by atoms with E-state index in [0.717, 1.165) is 47.5 Å². The van der Waals surface area contributed by atoms with Crippen molar-refractivity contribution < 1.29 is 14.6 Å². The first-order chi connectivity index (χ1) is 9.06. The van der Waals surface area contributed by atoms with Crippen molar-refractivity contribution in [1.82, 2.24) is 0 Å². The van der Waals surface area contributed by atoms with Crippen LogP contribution in [0.25, 0.3) is 6.08 Å². The summed E-state index contributed by atoms with van der Waals surface area (Å²) in [6.07, 6.45) is 6.60. The van der Waals surface area contributed by atoms with Crippen LogP contribution in [0.15, 0.2) is 18.2 Å². The van der Waals surface area contributed by atoms with Gasteiger partial charge in [-0.15, -0.1) is 0 Å². The molecule has 1 fully saturated rings. The summed E-state index contributed by atoms with van der Waals surface area (Å²) in [5.74, 6) is 0.881. The Bertz CT molecular complexity index is 476. The van der Waals surface area contributed by atoms with Crippen molar-refractivity contribution in [3.05, 3.63) is 34.9 Å². The highest BCUT2D eigenvalue weighted by atomic mass is 16.5. The summed E-state index contributed by atoms with van der Waals surface area (Å²) in [4.78, 5) is 10.5. The molecule has 1 aromatic rings. The fourth-order valence-electron chi connectivity index (χ4n) is 2.21. The first-order valence-electron chi connectivity index (χ1n) is 6.71. The quantitative estimate of drug-likeness (QED) is 0.795. The van der Waals surface area contributed by atoms with Crippen molar-refractivity contribution in [3.63, 3.8) is 0 Å². The highest BCUT2D eigenvalue weighted by Crippen LogP contribution is 2.33. The summed E-state index contributed by atoms with van der Waals surface area (Å²) >= 11 is 0. The molecule has 1 N–H and O–H groups in total. The average Bonchev–Trinajstić information content (AvgIpc) is 3.14. The molecule has 1 aliphatic carbocycles. The Kier molecular flexibility index (Phi) is 4.25. The van der Waals surface area contributed by atoms with Crippen LogP contribution in [0.2, 0.25) is 0 Å². The summed E-state index contributed by atoms with van der Waals surface area (Å²) in [5.41, 5.74) is 3.01. The van der Waals surface area contributed by atoms with Crippen molar-refractivity contribution >= 4 is 12.0 Å². The van der Waals surface area contributed by atoms with Crippen molar-refractivity contribution in [3.8, 4) is 5.75 Å². The molecule has 0 unspecified atom stereocenters. The van der Waals surface area contributed by atoms with E-state index >= 15 is 0 Å². The molecule has 102 valence electrons. The summed E-state index contributed by atoms with van der Waals surface area (Å²) in [6, 6.07) is 3.91. The number of benzene rings is 1. The lowest BCUT2D eigenvalue weighted by atomic mass is 10.1. The second-order valence-corrected chi connectivity index (χ2v) is 5.24. The molecule has 0 aromatic heterocycles. The molecule has 3 nitrogen and oxygen atoms in total. The first kappa shape index (κ1) is 13.7. The maximum absolute atomic E-state index is 10.5. The van der Waals surface area contributed by atoms with Gasteiger partial charge in [-0.05, 0) is 61.1 Å². The zero-order chi connectivity index (χ0) is 13.8. The molecule has 19 heavy (non-hydrogen) atoms. The lowest BCUT2D eigenvalue weighted by Crippen LogP contribution is -2.01. The summed E-state index contributed by atoms with van der Waals surface area (Å²) in [7, 11) is 0. The molecule has 0 saturated heterocycles. The Hall–Kier alpha value is -1.77. The predicted octanol–water partition coefficient (Wildman–Crippen LogP) is 3.58. The third-order valence-electron chi connectivity index (χ3n) is 3.37. The normalized spacial score (nSPS) is 14.8. The Morgan fingerprint density at radius 1 is 1.37 bits per heavy atom. The molecule has 1 aliphatic rings. The molecule has 0 radical (unpaired) electrons. The van der Waals surface area contributed by atoms with E-state index in [4.69, 9.17) is 9.84 Å². The molecule has 0 amide bonds. The fraction of sp³-hybridized carbons (Fsp3) is 0.438. The number of aryl methyl sites for hydroxylation is 2. The maximum atomic E-state index is 10.5. The first-order valence-corrected chi connectivity index (χ1v) is 6.71. The van der Waals surface area contributed by atoms with E-state index < -0.39 is 5.97 Å². The van der Waals surface area contributed by atoms with Gasteiger partial charge in [-0.3, -0.25) is 0 Å². The Morgan fingerprint density at radius 2 is 2.00 bits per heavy atom. The van der Waals surface area contributed by atoms with E-state index in [0.29, 0.717) is 0 Å². The van der Waals surface area contributed by atoms with Gasteiger partial charge in [0.1, 0.15) is 5.75 Å². The fourth-order valence-corrected chi connectivity index (χ4v) is 2.21. The maximum Gasteiger partial charge on any atom is 0.328 e. The van der Waals surface area contributed by atoms with Crippen molar-refractivity contribution in [2.24, 2.45) is 5.92 Å². The van der Waals surface area contributed by atoms with Crippen LogP contribution in [-0.4, -0.2) is 17.7 Å². The molecule has 0 bridgehead atoms. The van der Waals surface area contributed by atoms with E-state index in [1.165, 1.54) is 12.8 Å². The number of hydrogen-bond acceptors (Lipinski definition) is 2. The molecule has 3 heteroatoms. The Balaban J connectivity index is 2.04. The minimum Gasteiger partial charge on any atom is -0.493 e. The summed E-state index contributed by atoms with van der Waals surface area (Å²) < 4.78 is 5.86. The van der Waals surface area contributed by atoms with Crippen LogP contribution < -0.4 is 4.74 Å². The number of carbonyl (C=O) groups is 1. The van der Waals surface area contributed by atoms with Crippen LogP contribution in [0.1, 0.15) is 36.0 Å². The predicted molar refractivity (Wildman–Crippen MR) is 75.4 cm³/mol. The summed E-state index contributed by atoms with van der Waals surface area (Å²) in [6.45, 7) is 4.77. The topological polar surface area (TPSA) is 46.5 Å². The smallest absolute Gasteiger partial charge is 0.328 e. The molecular formula is C16H20O3. The molecule has 1 aromatic carbocycles. The minimum absolute atomic E-state index is 0.774. The van der Waals surface area contributed by atoms with Crippen molar-refractivity contribution in [2.75, 3.05) is 6.61 Å². The number of carboxylic acids is 1. The van der Waals surface area contributed by atoms with Gasteiger partial charge in [0, 0.05) is 6.08 Å². The van der Waals surface area contributed by atoms with Gasteiger partial charge >= 0.3 is 5.97 Å². The molecule has 0 heterocycles. The van der Waals surface area contributed by atoms with Crippen LogP contribution in [0.3, 0.4) is 0 Å². The van der Waals surface area contributed by atoms with Gasteiger partial charge in [0.15, 0.2) is 0 Å². The lowest BCUT2D eigenvalue weighted by Gasteiger charge is -2.13. The van der Waals surface area contributed by atoms with E-state index in [1.807, 2.05) is 26.0 Å². The highest BCUT2D eigenvalue weighted by molar-refractivity contribution is 5.85. The SMILES string of the molecule is Cc1cc(C=CC(=O)O)cc(C)c1OCCC1CC1. The average molecular weight is 260 g/mol. The number of carboxylic acid groups (broad SMARTS) is 1. The van der Waals surface area contributed by atoms with E-state index in [2.05, 4.69) is 0 Å². The monoisotopic (exact) mass is 260 g/mol. The Labute approximate surface area is 113 Å². The molecule has 0 spiro atoms. The van der Waals surface area contributed by atoms with Gasteiger partial charge in [-0.1, -0.05) is 12.8 Å². The highest BCUT2D eigenvalue weighted by Gasteiger charge is 2.21. The minimum atomic E-state index is -0.930. The lowest BCUT2D eigenvalue weighted by molar-refractivity contribution is -0.131. The third kappa shape index (κ3) is 4.12. The van der Waals surface area contributed by atoms with Gasteiger partial charge < -0.3 is 9.84 Å². The third-order valence-corrected chi connectivity index (χ3v) is 3.37. The van der Waals surface area contributed by atoms with Crippen LogP contribution in [0.5, 0.6) is 5.75 Å². The standard InChI is InChI=1S/C16H20O3/c1-11-9-14(5-6-15(17)18)10-12(2)16(11)19-8-7-13-3-4-13/h5-6,9-10,13H,3-4,7-8H2,1-2H3,(H,17,18). The Morgan fingerprint density at radius 3 is 2.53 bits per heavy atom. The van der Waals surface area contributed by atoms with Crippen molar-refractivity contribution in [1.29, 1.82) is 0 Å². The number of ether oxygens (including phenoxy) is 1. The van der Waals surface area contributed by atoms with Gasteiger partial charge in [0.2, 0.25) is 0 Å².